The molecule has 0 radical (unpaired) electrons. The highest BCUT2D eigenvalue weighted by atomic mass is 32.2. The monoisotopic (exact) mass is 374 g/mol. The van der Waals surface area contributed by atoms with E-state index in [0.29, 0.717) is 18.2 Å². The molecular formula is C21H28NOS2+. The fraction of sp³-hybridized carbons (Fsp3) is 0.619. The number of hydrogen-bond acceptors (Lipinski definition) is 3. The van der Waals surface area contributed by atoms with Gasteiger partial charge in [0.1, 0.15) is 4.88 Å². The summed E-state index contributed by atoms with van der Waals surface area (Å²) in [5.41, 5.74) is 5.33. The molecule has 0 N–H and O–H groups in total. The summed E-state index contributed by atoms with van der Waals surface area (Å²) < 4.78 is 3.73. The fourth-order valence-electron chi connectivity index (χ4n) is 4.03. The Labute approximate surface area is 159 Å². The number of allylic oxidation sites excluding steroid dienone is 2. The lowest BCUT2D eigenvalue weighted by atomic mass is 9.74. The van der Waals surface area contributed by atoms with Gasteiger partial charge in [-0.05, 0) is 49.3 Å². The van der Waals surface area contributed by atoms with Crippen LogP contribution in [-0.2, 0) is 6.42 Å². The largest absolute Gasteiger partial charge is 0.294 e. The molecule has 1 saturated heterocycles. The van der Waals surface area contributed by atoms with Gasteiger partial charge in [0.25, 0.3) is 0 Å². The topological polar surface area (TPSA) is 20.1 Å². The van der Waals surface area contributed by atoms with Crippen LogP contribution in [0.1, 0.15) is 67.8 Å². The van der Waals surface area contributed by atoms with Gasteiger partial charge in [-0.1, -0.05) is 19.4 Å². The minimum absolute atomic E-state index is 0.0699. The zero-order chi connectivity index (χ0) is 17.9. The molecule has 1 saturated carbocycles. The molecule has 2 heterocycles. The van der Waals surface area contributed by atoms with E-state index in [0.717, 1.165) is 24.4 Å². The first kappa shape index (κ1) is 17.5. The molecule has 3 aliphatic rings. The fourth-order valence-corrected chi connectivity index (χ4v) is 6.16. The Morgan fingerprint density at radius 1 is 1.32 bits per heavy atom. The first-order valence-corrected chi connectivity index (χ1v) is 11.4. The highest BCUT2D eigenvalue weighted by molar-refractivity contribution is 8.00. The maximum atomic E-state index is 12.9. The molecule has 1 aromatic heterocycles. The molecule has 2 fully saturated rings. The molecule has 1 atom stereocenters. The van der Waals surface area contributed by atoms with Gasteiger partial charge in [0, 0.05) is 25.0 Å². The molecule has 2 nitrogen and oxygen atoms in total. The van der Waals surface area contributed by atoms with E-state index in [1.807, 2.05) is 11.3 Å². The van der Waals surface area contributed by atoms with Crippen LogP contribution in [0.25, 0.3) is 0 Å². The number of rotatable bonds is 4. The van der Waals surface area contributed by atoms with Crippen LogP contribution in [0.2, 0.25) is 0 Å². The average Bonchev–Trinajstić information content (AvgIpc) is 3.43. The predicted molar refractivity (Wildman–Crippen MR) is 108 cm³/mol. The van der Waals surface area contributed by atoms with Crippen LogP contribution in [-0.4, -0.2) is 34.9 Å². The van der Waals surface area contributed by atoms with Crippen LogP contribution in [0.15, 0.2) is 15.9 Å². The van der Waals surface area contributed by atoms with Crippen molar-refractivity contribution in [3.8, 4) is 0 Å². The number of thiophene rings is 1. The molecule has 2 aliphatic carbocycles. The Hall–Kier alpha value is -0.870. The van der Waals surface area contributed by atoms with Crippen molar-refractivity contribution in [3.63, 3.8) is 0 Å². The lowest BCUT2D eigenvalue weighted by Crippen LogP contribution is -2.27. The lowest BCUT2D eigenvalue weighted by molar-refractivity contribution is -0.355. The third-order valence-corrected chi connectivity index (χ3v) is 8.09. The summed E-state index contributed by atoms with van der Waals surface area (Å²) in [6.45, 7) is 10.2. The molecule has 1 unspecified atom stereocenters. The number of carbonyl (C=O) groups is 1. The third-order valence-electron chi connectivity index (χ3n) is 5.72. The number of carbonyl (C=O) groups excluding carboxylic acids is 1. The number of fused-ring (bicyclic) bond motifs is 1. The van der Waals surface area contributed by atoms with E-state index in [1.54, 1.807) is 11.8 Å². The average molecular weight is 375 g/mol. The van der Waals surface area contributed by atoms with Crippen molar-refractivity contribution in [2.24, 2.45) is 11.3 Å². The quantitative estimate of drug-likeness (QED) is 0.411. The molecule has 25 heavy (non-hydrogen) atoms. The van der Waals surface area contributed by atoms with E-state index in [-0.39, 0.29) is 5.41 Å². The molecule has 0 bridgehead atoms. The van der Waals surface area contributed by atoms with Crippen molar-refractivity contribution < 1.29 is 9.37 Å². The summed E-state index contributed by atoms with van der Waals surface area (Å²) in [6, 6.07) is 0.626. The molecule has 0 spiro atoms. The lowest BCUT2D eigenvalue weighted by Gasteiger charge is -2.29. The second-order valence-electron chi connectivity index (χ2n) is 8.77. The second kappa shape index (κ2) is 6.09. The summed E-state index contributed by atoms with van der Waals surface area (Å²) in [5.74, 6) is 1.14. The number of ketones is 1. The summed E-state index contributed by atoms with van der Waals surface area (Å²) in [7, 11) is 0. The highest BCUT2D eigenvalue weighted by Gasteiger charge is 2.43. The Morgan fingerprint density at radius 2 is 2.00 bits per heavy atom. The Morgan fingerprint density at radius 3 is 2.56 bits per heavy atom. The summed E-state index contributed by atoms with van der Waals surface area (Å²) in [4.78, 5) is 14.2. The SMILES string of the molecule is CSc1sc(C(C=C(C)C2CC2)=[N+]2CC2C)c2c1C(=O)CC(C)(C)C2. The van der Waals surface area contributed by atoms with Crippen molar-refractivity contribution in [1.82, 2.24) is 0 Å². The van der Waals surface area contributed by atoms with Gasteiger partial charge in [-0.2, -0.15) is 0 Å². The zero-order valence-corrected chi connectivity index (χ0v) is 17.6. The van der Waals surface area contributed by atoms with E-state index >= 15 is 0 Å². The molecule has 0 aromatic carbocycles. The summed E-state index contributed by atoms with van der Waals surface area (Å²) in [6.07, 6.45) is 8.92. The zero-order valence-electron chi connectivity index (χ0n) is 15.9. The maximum Gasteiger partial charge on any atom is 0.218 e. The van der Waals surface area contributed by atoms with Gasteiger partial charge in [0.15, 0.2) is 5.78 Å². The number of thioether (sulfide) groups is 1. The molecule has 1 aliphatic heterocycles. The van der Waals surface area contributed by atoms with Crippen molar-refractivity contribution in [2.75, 3.05) is 12.8 Å². The van der Waals surface area contributed by atoms with Crippen LogP contribution in [0.3, 0.4) is 0 Å². The van der Waals surface area contributed by atoms with Gasteiger partial charge in [-0.15, -0.1) is 23.1 Å². The van der Waals surface area contributed by atoms with Crippen molar-refractivity contribution in [2.45, 2.75) is 63.6 Å². The number of Topliss-reactive ketones (excluding diaryl/α,β-unsaturated/α-hetero) is 1. The molecule has 4 heteroatoms. The number of nitrogens with zero attached hydrogens (tertiary/aromatic N) is 1. The molecule has 0 amide bonds. The van der Waals surface area contributed by atoms with E-state index in [1.165, 1.54) is 38.8 Å². The normalized spacial score (nSPS) is 27.3. The van der Waals surface area contributed by atoms with Crippen LogP contribution >= 0.6 is 23.1 Å². The van der Waals surface area contributed by atoms with E-state index < -0.39 is 0 Å². The van der Waals surface area contributed by atoms with E-state index in [4.69, 9.17) is 0 Å². The van der Waals surface area contributed by atoms with Gasteiger partial charge < -0.3 is 0 Å². The minimum atomic E-state index is 0.0699. The van der Waals surface area contributed by atoms with Crippen LogP contribution in [0.4, 0.5) is 0 Å². The first-order valence-electron chi connectivity index (χ1n) is 9.36. The summed E-state index contributed by atoms with van der Waals surface area (Å²) >= 11 is 3.59. The number of hydrogen-bond donors (Lipinski definition) is 0. The third kappa shape index (κ3) is 3.28. The predicted octanol–water partition coefficient (Wildman–Crippen LogP) is 5.19. The smallest absolute Gasteiger partial charge is 0.218 e. The molecule has 1 aromatic rings. The van der Waals surface area contributed by atoms with E-state index in [2.05, 4.69) is 44.6 Å². The first-order chi connectivity index (χ1) is 11.8. The van der Waals surface area contributed by atoms with Crippen LogP contribution < -0.4 is 0 Å². The van der Waals surface area contributed by atoms with Crippen LogP contribution in [0, 0.1) is 11.3 Å². The minimum Gasteiger partial charge on any atom is -0.294 e. The second-order valence-corrected chi connectivity index (χ2v) is 10.9. The molecule has 4 rings (SSSR count). The Balaban J connectivity index is 1.87. The van der Waals surface area contributed by atoms with Gasteiger partial charge in [0.05, 0.1) is 4.21 Å². The highest BCUT2D eigenvalue weighted by Crippen LogP contribution is 2.45. The standard InChI is InChI=1S/C21H28NOS2/c1-12(14-6-7-14)8-16(22-11-13(22)2)19-15-9-21(3,4)10-17(23)18(15)20(24-5)25-19/h8,13-14H,6-7,9-11H2,1-5H3/q+1. The maximum absolute atomic E-state index is 12.9. The van der Waals surface area contributed by atoms with Gasteiger partial charge in [0.2, 0.25) is 18.3 Å². The van der Waals surface area contributed by atoms with Crippen LogP contribution in [0.5, 0.6) is 0 Å². The van der Waals surface area contributed by atoms with Crippen molar-refractivity contribution in [1.29, 1.82) is 0 Å². The molecular weight excluding hydrogens is 346 g/mol. The Bertz CT molecular complexity index is 808. The molecule has 134 valence electrons. The van der Waals surface area contributed by atoms with Gasteiger partial charge in [-0.25, -0.2) is 4.58 Å². The Kier molecular flexibility index (Phi) is 4.27. The van der Waals surface area contributed by atoms with E-state index in [9.17, 15) is 4.79 Å². The van der Waals surface area contributed by atoms with Gasteiger partial charge >= 0.3 is 0 Å². The van der Waals surface area contributed by atoms with Crippen molar-refractivity contribution >= 4 is 34.6 Å². The van der Waals surface area contributed by atoms with Gasteiger partial charge in [-0.3, -0.25) is 4.79 Å². The summed E-state index contributed by atoms with van der Waals surface area (Å²) in [5, 5.41) is 0. The van der Waals surface area contributed by atoms with Crippen molar-refractivity contribution in [3.05, 3.63) is 27.7 Å².